The molecule has 0 radical (unpaired) electrons. The van der Waals surface area contributed by atoms with Gasteiger partial charge in [0.05, 0.1) is 12.0 Å². The van der Waals surface area contributed by atoms with Gasteiger partial charge in [-0.1, -0.05) is 33.1 Å². The van der Waals surface area contributed by atoms with Gasteiger partial charge in [-0.3, -0.25) is 14.4 Å². The molecule has 0 spiro atoms. The standard InChI is InChI=1S/C15H26N2O4/c1-10(2)13(16-11(3)18)14(21)17-15(9-12(19)20)7-5-4-6-8-15/h10,13H,4-9H2,1-3H3,(H,16,18)(H,17,21)(H,19,20). The molecule has 6 nitrogen and oxygen atoms in total. The third-order valence-electron chi connectivity index (χ3n) is 4.00. The first-order valence-electron chi connectivity index (χ1n) is 7.57. The van der Waals surface area contributed by atoms with Gasteiger partial charge in [-0.05, 0) is 18.8 Å². The number of carbonyl (C=O) groups is 3. The van der Waals surface area contributed by atoms with Crippen molar-refractivity contribution in [3.05, 3.63) is 0 Å². The highest BCUT2D eigenvalue weighted by molar-refractivity contribution is 5.88. The molecule has 3 N–H and O–H groups in total. The van der Waals surface area contributed by atoms with Crippen LogP contribution >= 0.6 is 0 Å². The van der Waals surface area contributed by atoms with Gasteiger partial charge in [0.25, 0.3) is 0 Å². The third kappa shape index (κ3) is 5.36. The van der Waals surface area contributed by atoms with Crippen LogP contribution in [-0.2, 0) is 14.4 Å². The molecule has 0 heterocycles. The molecule has 1 atom stereocenters. The second-order valence-corrected chi connectivity index (χ2v) is 6.32. The van der Waals surface area contributed by atoms with E-state index in [1.807, 2.05) is 13.8 Å². The fourth-order valence-electron chi connectivity index (χ4n) is 2.96. The highest BCUT2D eigenvalue weighted by Gasteiger charge is 2.38. The zero-order valence-corrected chi connectivity index (χ0v) is 13.1. The zero-order chi connectivity index (χ0) is 16.0. The fraction of sp³-hybridized carbons (Fsp3) is 0.800. The lowest BCUT2D eigenvalue weighted by Gasteiger charge is -2.38. The van der Waals surface area contributed by atoms with Crippen molar-refractivity contribution in [2.24, 2.45) is 5.92 Å². The third-order valence-corrected chi connectivity index (χ3v) is 4.00. The van der Waals surface area contributed by atoms with Crippen LogP contribution in [0, 0.1) is 5.92 Å². The van der Waals surface area contributed by atoms with E-state index in [9.17, 15) is 14.4 Å². The first-order valence-corrected chi connectivity index (χ1v) is 7.57. The van der Waals surface area contributed by atoms with Gasteiger partial charge in [0.15, 0.2) is 0 Å². The van der Waals surface area contributed by atoms with Crippen molar-refractivity contribution in [1.82, 2.24) is 10.6 Å². The molecule has 0 aliphatic heterocycles. The smallest absolute Gasteiger partial charge is 0.305 e. The van der Waals surface area contributed by atoms with Crippen LogP contribution in [0.4, 0.5) is 0 Å². The van der Waals surface area contributed by atoms with Crippen molar-refractivity contribution in [2.45, 2.75) is 70.9 Å². The molecule has 1 fully saturated rings. The molecule has 120 valence electrons. The van der Waals surface area contributed by atoms with Gasteiger partial charge in [0.2, 0.25) is 11.8 Å². The van der Waals surface area contributed by atoms with Crippen molar-refractivity contribution in [3.63, 3.8) is 0 Å². The maximum atomic E-state index is 12.5. The minimum absolute atomic E-state index is 0.0561. The Kier molecular flexibility index (Phi) is 6.18. The monoisotopic (exact) mass is 298 g/mol. The van der Waals surface area contributed by atoms with Crippen molar-refractivity contribution >= 4 is 17.8 Å². The second kappa shape index (κ2) is 7.43. The summed E-state index contributed by atoms with van der Waals surface area (Å²) in [7, 11) is 0. The van der Waals surface area contributed by atoms with Crippen LogP contribution in [0.3, 0.4) is 0 Å². The molecule has 0 aromatic carbocycles. The number of carboxylic acids is 1. The van der Waals surface area contributed by atoms with Gasteiger partial charge in [-0.15, -0.1) is 0 Å². The lowest BCUT2D eigenvalue weighted by molar-refractivity contribution is -0.140. The molecule has 1 rings (SSSR count). The Morgan fingerprint density at radius 3 is 2.14 bits per heavy atom. The summed E-state index contributed by atoms with van der Waals surface area (Å²) >= 11 is 0. The predicted octanol–water partition coefficient (Wildman–Crippen LogP) is 1.44. The summed E-state index contributed by atoms with van der Waals surface area (Å²) in [4.78, 5) is 34.8. The number of nitrogens with one attached hydrogen (secondary N) is 2. The average molecular weight is 298 g/mol. The van der Waals surface area contributed by atoms with Gasteiger partial charge < -0.3 is 15.7 Å². The normalized spacial score (nSPS) is 18.9. The fourth-order valence-corrected chi connectivity index (χ4v) is 2.96. The summed E-state index contributed by atoms with van der Waals surface area (Å²) < 4.78 is 0. The van der Waals surface area contributed by atoms with E-state index in [1.54, 1.807) is 0 Å². The molecule has 0 saturated heterocycles. The van der Waals surface area contributed by atoms with E-state index in [2.05, 4.69) is 10.6 Å². The maximum absolute atomic E-state index is 12.5. The maximum Gasteiger partial charge on any atom is 0.305 e. The van der Waals surface area contributed by atoms with Gasteiger partial charge >= 0.3 is 5.97 Å². The van der Waals surface area contributed by atoms with Crippen LogP contribution in [0.1, 0.15) is 59.3 Å². The number of aliphatic carboxylic acids is 1. The molecule has 0 bridgehead atoms. The highest BCUT2D eigenvalue weighted by atomic mass is 16.4. The van der Waals surface area contributed by atoms with Crippen LogP contribution < -0.4 is 10.6 Å². The first kappa shape index (κ1) is 17.5. The number of hydrogen-bond acceptors (Lipinski definition) is 3. The van der Waals surface area contributed by atoms with Crippen LogP contribution in [0.5, 0.6) is 0 Å². The summed E-state index contributed by atoms with van der Waals surface area (Å²) in [6.45, 7) is 5.08. The summed E-state index contributed by atoms with van der Waals surface area (Å²) in [6.07, 6.45) is 4.19. The number of amides is 2. The van der Waals surface area contributed by atoms with Gasteiger partial charge in [-0.2, -0.15) is 0 Å². The van der Waals surface area contributed by atoms with Crippen LogP contribution in [0.2, 0.25) is 0 Å². The Hall–Kier alpha value is -1.59. The van der Waals surface area contributed by atoms with Crippen LogP contribution in [-0.4, -0.2) is 34.5 Å². The molecule has 1 aliphatic rings. The Balaban J connectivity index is 2.82. The van der Waals surface area contributed by atoms with Crippen molar-refractivity contribution in [3.8, 4) is 0 Å². The minimum Gasteiger partial charge on any atom is -0.481 e. The summed E-state index contributed by atoms with van der Waals surface area (Å²) in [6, 6.07) is -0.630. The van der Waals surface area contributed by atoms with Crippen LogP contribution in [0.25, 0.3) is 0 Å². The summed E-state index contributed by atoms with van der Waals surface area (Å²) in [5.74, 6) is -1.51. The highest BCUT2D eigenvalue weighted by Crippen LogP contribution is 2.31. The SMILES string of the molecule is CC(=O)NC(C(=O)NC1(CC(=O)O)CCCCC1)C(C)C. The molecule has 21 heavy (non-hydrogen) atoms. The van der Waals surface area contributed by atoms with Crippen LogP contribution in [0.15, 0.2) is 0 Å². The second-order valence-electron chi connectivity index (χ2n) is 6.32. The number of hydrogen-bond donors (Lipinski definition) is 3. The molecular weight excluding hydrogens is 272 g/mol. The molecule has 0 aromatic heterocycles. The van der Waals surface area contributed by atoms with E-state index in [-0.39, 0.29) is 24.2 Å². The first-order chi connectivity index (χ1) is 9.76. The Morgan fingerprint density at radius 2 is 1.71 bits per heavy atom. The minimum atomic E-state index is -0.905. The van der Waals surface area contributed by atoms with Gasteiger partial charge in [0, 0.05) is 6.92 Å². The molecule has 0 aromatic rings. The number of rotatable bonds is 6. The lowest BCUT2D eigenvalue weighted by atomic mass is 9.79. The van der Waals surface area contributed by atoms with Gasteiger partial charge in [-0.25, -0.2) is 0 Å². The summed E-state index contributed by atoms with van der Waals surface area (Å²) in [5.41, 5.74) is -0.674. The van der Waals surface area contributed by atoms with E-state index >= 15 is 0 Å². The number of carboxylic acid groups (broad SMARTS) is 1. The van der Waals surface area contributed by atoms with E-state index in [0.717, 1.165) is 19.3 Å². The Labute approximate surface area is 125 Å². The van der Waals surface area contributed by atoms with Crippen molar-refractivity contribution < 1.29 is 19.5 Å². The van der Waals surface area contributed by atoms with E-state index in [1.165, 1.54) is 6.92 Å². The Bertz CT molecular complexity index is 400. The average Bonchev–Trinajstić information content (AvgIpc) is 2.35. The molecule has 1 unspecified atom stereocenters. The topological polar surface area (TPSA) is 95.5 Å². The lowest BCUT2D eigenvalue weighted by Crippen LogP contribution is -2.58. The zero-order valence-electron chi connectivity index (χ0n) is 13.1. The predicted molar refractivity (Wildman–Crippen MR) is 78.7 cm³/mol. The van der Waals surface area contributed by atoms with E-state index < -0.39 is 17.6 Å². The van der Waals surface area contributed by atoms with Gasteiger partial charge in [0.1, 0.15) is 6.04 Å². The summed E-state index contributed by atoms with van der Waals surface area (Å²) in [5, 5.41) is 14.7. The quantitative estimate of drug-likeness (QED) is 0.691. The Morgan fingerprint density at radius 1 is 1.14 bits per heavy atom. The molecular formula is C15H26N2O4. The molecule has 2 amide bonds. The number of carbonyl (C=O) groups excluding carboxylic acids is 2. The van der Waals surface area contributed by atoms with Crippen molar-refractivity contribution in [2.75, 3.05) is 0 Å². The molecule has 1 aliphatic carbocycles. The largest absolute Gasteiger partial charge is 0.481 e. The van der Waals surface area contributed by atoms with E-state index in [0.29, 0.717) is 12.8 Å². The molecule has 6 heteroatoms. The van der Waals surface area contributed by atoms with Crippen molar-refractivity contribution in [1.29, 1.82) is 0 Å². The van der Waals surface area contributed by atoms with E-state index in [4.69, 9.17) is 5.11 Å². The molecule has 1 saturated carbocycles.